The van der Waals surface area contributed by atoms with Crippen molar-refractivity contribution in [2.45, 2.75) is 13.3 Å². The molecule has 0 heterocycles. The second-order valence-corrected chi connectivity index (χ2v) is 5.84. The molecule has 0 atom stereocenters. The topological polar surface area (TPSA) is 61.4 Å². The number of nitrogens with one attached hydrogen (secondary N) is 2. The molecule has 0 aliphatic carbocycles. The monoisotopic (exact) mass is 325 g/mol. The first-order valence-corrected chi connectivity index (χ1v) is 7.88. The summed E-state index contributed by atoms with van der Waals surface area (Å²) in [6.07, 6.45) is 0.787. The Bertz CT molecular complexity index is 726. The SMILES string of the molecule is Cc1ccccc1CCNC(=O)c1cccc(NC(=O)N(C)C)c1. The summed E-state index contributed by atoms with van der Waals surface area (Å²) in [6.45, 7) is 2.63. The number of hydrogen-bond acceptors (Lipinski definition) is 2. The van der Waals surface area contributed by atoms with Crippen LogP contribution in [0.5, 0.6) is 0 Å². The van der Waals surface area contributed by atoms with Crippen LogP contribution >= 0.6 is 0 Å². The lowest BCUT2D eigenvalue weighted by atomic mass is 10.1. The Balaban J connectivity index is 1.93. The van der Waals surface area contributed by atoms with Crippen LogP contribution in [0.2, 0.25) is 0 Å². The third-order valence-corrected chi connectivity index (χ3v) is 3.72. The summed E-state index contributed by atoms with van der Waals surface area (Å²) >= 11 is 0. The molecule has 0 aliphatic heterocycles. The van der Waals surface area contributed by atoms with E-state index in [2.05, 4.69) is 29.7 Å². The van der Waals surface area contributed by atoms with E-state index in [1.807, 2.05) is 12.1 Å². The zero-order valence-electron chi connectivity index (χ0n) is 14.3. The molecule has 0 saturated carbocycles. The Morgan fingerprint density at radius 1 is 1.04 bits per heavy atom. The Morgan fingerprint density at radius 2 is 1.79 bits per heavy atom. The highest BCUT2D eigenvalue weighted by molar-refractivity contribution is 5.96. The maximum Gasteiger partial charge on any atom is 0.321 e. The smallest absolute Gasteiger partial charge is 0.321 e. The summed E-state index contributed by atoms with van der Waals surface area (Å²) in [6, 6.07) is 14.8. The van der Waals surface area contributed by atoms with E-state index >= 15 is 0 Å². The van der Waals surface area contributed by atoms with E-state index in [1.165, 1.54) is 16.0 Å². The van der Waals surface area contributed by atoms with E-state index in [9.17, 15) is 9.59 Å². The van der Waals surface area contributed by atoms with Crippen LogP contribution in [0, 0.1) is 6.92 Å². The van der Waals surface area contributed by atoms with Crippen molar-refractivity contribution in [3.8, 4) is 0 Å². The highest BCUT2D eigenvalue weighted by Gasteiger charge is 2.08. The van der Waals surface area contributed by atoms with Crippen LogP contribution in [0.1, 0.15) is 21.5 Å². The van der Waals surface area contributed by atoms with Crippen molar-refractivity contribution in [1.82, 2.24) is 10.2 Å². The van der Waals surface area contributed by atoms with Crippen LogP contribution in [0.4, 0.5) is 10.5 Å². The Hall–Kier alpha value is -2.82. The highest BCUT2D eigenvalue weighted by Crippen LogP contribution is 2.11. The number of carbonyl (C=O) groups excluding carboxylic acids is 2. The number of amides is 3. The predicted molar refractivity (Wildman–Crippen MR) is 96.4 cm³/mol. The van der Waals surface area contributed by atoms with Gasteiger partial charge in [0.25, 0.3) is 5.91 Å². The summed E-state index contributed by atoms with van der Waals surface area (Å²) in [4.78, 5) is 25.4. The zero-order chi connectivity index (χ0) is 17.5. The molecular formula is C19H23N3O2. The first-order valence-electron chi connectivity index (χ1n) is 7.88. The van der Waals surface area contributed by atoms with Gasteiger partial charge in [-0.2, -0.15) is 0 Å². The molecule has 0 unspecified atom stereocenters. The van der Waals surface area contributed by atoms with Gasteiger partial charge in [-0.05, 0) is 42.7 Å². The fourth-order valence-electron chi connectivity index (χ4n) is 2.28. The minimum atomic E-state index is -0.230. The summed E-state index contributed by atoms with van der Waals surface area (Å²) in [7, 11) is 3.33. The van der Waals surface area contributed by atoms with E-state index in [-0.39, 0.29) is 11.9 Å². The van der Waals surface area contributed by atoms with Crippen molar-refractivity contribution in [2.24, 2.45) is 0 Å². The van der Waals surface area contributed by atoms with Crippen molar-refractivity contribution >= 4 is 17.6 Å². The molecule has 0 saturated heterocycles. The van der Waals surface area contributed by atoms with Crippen molar-refractivity contribution in [1.29, 1.82) is 0 Å². The van der Waals surface area contributed by atoms with Crippen LogP contribution in [-0.2, 0) is 6.42 Å². The van der Waals surface area contributed by atoms with Gasteiger partial charge in [0, 0.05) is 31.9 Å². The van der Waals surface area contributed by atoms with E-state index < -0.39 is 0 Å². The van der Waals surface area contributed by atoms with Gasteiger partial charge in [-0.15, -0.1) is 0 Å². The largest absolute Gasteiger partial charge is 0.352 e. The maximum atomic E-state index is 12.3. The zero-order valence-corrected chi connectivity index (χ0v) is 14.3. The standard InChI is InChI=1S/C19H23N3O2/c1-14-7-4-5-8-15(14)11-12-20-18(23)16-9-6-10-17(13-16)21-19(24)22(2)3/h4-10,13H,11-12H2,1-3H3,(H,20,23)(H,21,24). The van der Waals surface area contributed by atoms with Gasteiger partial charge in [-0.1, -0.05) is 30.3 Å². The number of carbonyl (C=O) groups is 2. The number of nitrogens with zero attached hydrogens (tertiary/aromatic N) is 1. The summed E-state index contributed by atoms with van der Waals surface area (Å²) in [5.74, 6) is -0.149. The van der Waals surface area contributed by atoms with Gasteiger partial charge >= 0.3 is 6.03 Å². The third-order valence-electron chi connectivity index (χ3n) is 3.72. The van der Waals surface area contributed by atoms with Crippen LogP contribution in [-0.4, -0.2) is 37.5 Å². The molecule has 2 rings (SSSR count). The normalized spacial score (nSPS) is 10.1. The molecule has 0 bridgehead atoms. The van der Waals surface area contributed by atoms with Crippen LogP contribution < -0.4 is 10.6 Å². The van der Waals surface area contributed by atoms with Crippen molar-refractivity contribution in [3.63, 3.8) is 0 Å². The average Bonchev–Trinajstić information content (AvgIpc) is 2.56. The van der Waals surface area contributed by atoms with E-state index in [1.54, 1.807) is 38.4 Å². The van der Waals surface area contributed by atoms with Crippen molar-refractivity contribution in [2.75, 3.05) is 26.0 Å². The molecule has 24 heavy (non-hydrogen) atoms. The lowest BCUT2D eigenvalue weighted by Gasteiger charge is -2.13. The fourth-order valence-corrected chi connectivity index (χ4v) is 2.28. The van der Waals surface area contributed by atoms with Gasteiger partial charge in [0.15, 0.2) is 0 Å². The van der Waals surface area contributed by atoms with Gasteiger partial charge in [0.2, 0.25) is 0 Å². The molecule has 0 aromatic heterocycles. The van der Waals surface area contributed by atoms with Gasteiger partial charge in [0.05, 0.1) is 0 Å². The molecule has 2 N–H and O–H groups in total. The Morgan fingerprint density at radius 3 is 2.50 bits per heavy atom. The molecule has 5 nitrogen and oxygen atoms in total. The second kappa shape index (κ2) is 8.15. The minimum Gasteiger partial charge on any atom is -0.352 e. The fraction of sp³-hybridized carbons (Fsp3) is 0.263. The molecule has 0 spiro atoms. The van der Waals surface area contributed by atoms with E-state index in [0.29, 0.717) is 17.8 Å². The summed E-state index contributed by atoms with van der Waals surface area (Å²) < 4.78 is 0. The van der Waals surface area contributed by atoms with Crippen LogP contribution in [0.15, 0.2) is 48.5 Å². The molecule has 2 aromatic carbocycles. The first kappa shape index (κ1) is 17.5. The van der Waals surface area contributed by atoms with Gasteiger partial charge in [-0.25, -0.2) is 4.79 Å². The lowest BCUT2D eigenvalue weighted by molar-refractivity contribution is 0.0954. The number of aryl methyl sites for hydroxylation is 1. The number of urea groups is 1. The van der Waals surface area contributed by atoms with Gasteiger partial charge in [-0.3, -0.25) is 4.79 Å². The Labute approximate surface area is 142 Å². The molecule has 0 fully saturated rings. The minimum absolute atomic E-state index is 0.149. The quantitative estimate of drug-likeness (QED) is 0.887. The second-order valence-electron chi connectivity index (χ2n) is 5.84. The average molecular weight is 325 g/mol. The van der Waals surface area contributed by atoms with Crippen LogP contribution in [0.3, 0.4) is 0 Å². The molecule has 2 aromatic rings. The molecule has 0 aliphatic rings. The third kappa shape index (κ3) is 4.84. The molecule has 3 amide bonds. The van der Waals surface area contributed by atoms with Gasteiger partial charge < -0.3 is 15.5 Å². The summed E-state index contributed by atoms with van der Waals surface area (Å²) in [5.41, 5.74) is 3.57. The van der Waals surface area contributed by atoms with Gasteiger partial charge in [0.1, 0.15) is 0 Å². The van der Waals surface area contributed by atoms with E-state index in [4.69, 9.17) is 0 Å². The lowest BCUT2D eigenvalue weighted by Crippen LogP contribution is -2.28. The molecule has 5 heteroatoms. The van der Waals surface area contributed by atoms with Crippen molar-refractivity contribution in [3.05, 3.63) is 65.2 Å². The maximum absolute atomic E-state index is 12.3. The highest BCUT2D eigenvalue weighted by atomic mass is 16.2. The number of anilines is 1. The molecule has 0 radical (unpaired) electrons. The molecule has 126 valence electrons. The van der Waals surface area contributed by atoms with Crippen LogP contribution in [0.25, 0.3) is 0 Å². The number of benzene rings is 2. The summed E-state index contributed by atoms with van der Waals surface area (Å²) in [5, 5.41) is 5.65. The van der Waals surface area contributed by atoms with Crippen molar-refractivity contribution < 1.29 is 9.59 Å². The number of rotatable bonds is 5. The van der Waals surface area contributed by atoms with E-state index in [0.717, 1.165) is 6.42 Å². The first-order chi connectivity index (χ1) is 11.5. The predicted octanol–water partition coefficient (Wildman–Crippen LogP) is 3.06. The molecular weight excluding hydrogens is 302 g/mol. The Kier molecular flexibility index (Phi) is 5.95. The number of hydrogen-bond donors (Lipinski definition) is 2.